The normalized spacial score (nSPS) is 26.6. The summed E-state index contributed by atoms with van der Waals surface area (Å²) in [5.41, 5.74) is -3.28. The predicted molar refractivity (Wildman–Crippen MR) is 138 cm³/mol. The zero-order valence-corrected chi connectivity index (χ0v) is 22.3. The number of pyridine rings is 1. The molecule has 8 heteroatoms. The molecule has 1 aromatic heterocycles. The molecule has 3 N–H and O–H groups in total. The molecule has 2 atom stereocenters. The largest absolute Gasteiger partial charge is 0.490 e. The van der Waals surface area contributed by atoms with Crippen LogP contribution >= 0.6 is 0 Å². The molecule has 0 amide bonds. The van der Waals surface area contributed by atoms with E-state index in [-0.39, 0.29) is 30.9 Å². The first-order valence-corrected chi connectivity index (χ1v) is 14.5. The van der Waals surface area contributed by atoms with Crippen LogP contribution in [0.4, 0.5) is 13.2 Å². The summed E-state index contributed by atoms with van der Waals surface area (Å²) in [4.78, 5) is 4.59. The van der Waals surface area contributed by atoms with Gasteiger partial charge in [0.1, 0.15) is 12.4 Å². The third-order valence-electron chi connectivity index (χ3n) is 8.92. The number of aliphatic hydroxyl groups excluding tert-OH is 1. The maximum absolute atomic E-state index is 14.7. The van der Waals surface area contributed by atoms with Gasteiger partial charge < -0.3 is 20.3 Å². The summed E-state index contributed by atoms with van der Waals surface area (Å²) in [6.45, 7) is 1.11. The highest BCUT2D eigenvalue weighted by Crippen LogP contribution is 2.48. The van der Waals surface area contributed by atoms with Gasteiger partial charge in [-0.3, -0.25) is 4.98 Å². The van der Waals surface area contributed by atoms with Crippen molar-refractivity contribution in [1.82, 2.24) is 10.3 Å². The molecular formula is C29H45F3N2O3. The van der Waals surface area contributed by atoms with Gasteiger partial charge in [-0.05, 0) is 38.7 Å². The molecule has 0 spiro atoms. The van der Waals surface area contributed by atoms with Crippen molar-refractivity contribution in [2.45, 2.75) is 132 Å². The van der Waals surface area contributed by atoms with Crippen molar-refractivity contribution < 1.29 is 28.1 Å². The van der Waals surface area contributed by atoms with Gasteiger partial charge in [-0.1, -0.05) is 70.6 Å². The molecule has 1 aromatic rings. The van der Waals surface area contributed by atoms with Gasteiger partial charge in [-0.25, -0.2) is 0 Å². The molecule has 37 heavy (non-hydrogen) atoms. The van der Waals surface area contributed by atoms with Gasteiger partial charge >= 0.3 is 6.18 Å². The van der Waals surface area contributed by atoms with E-state index in [0.717, 1.165) is 77.0 Å². The zero-order valence-electron chi connectivity index (χ0n) is 22.3. The van der Waals surface area contributed by atoms with E-state index in [1.807, 2.05) is 0 Å². The summed E-state index contributed by atoms with van der Waals surface area (Å²) in [7, 11) is 0. The minimum Gasteiger partial charge on any atom is -0.490 e. The van der Waals surface area contributed by atoms with Crippen LogP contribution in [0, 0.1) is 0 Å². The van der Waals surface area contributed by atoms with Gasteiger partial charge in [0.25, 0.3) is 0 Å². The molecule has 4 rings (SSSR count). The molecule has 2 aliphatic carbocycles. The number of hydrogen-bond acceptors (Lipinski definition) is 5. The number of halogens is 3. The molecule has 0 saturated heterocycles. The molecule has 1 aliphatic heterocycles. The predicted octanol–water partition coefficient (Wildman–Crippen LogP) is 6.39. The monoisotopic (exact) mass is 526 g/mol. The minimum absolute atomic E-state index is 0.0242. The van der Waals surface area contributed by atoms with Gasteiger partial charge in [0, 0.05) is 24.1 Å². The average molecular weight is 527 g/mol. The van der Waals surface area contributed by atoms with Crippen LogP contribution in [0.1, 0.15) is 126 Å². The Hall–Kier alpha value is -1.38. The Morgan fingerprint density at radius 2 is 1.49 bits per heavy atom. The lowest BCUT2D eigenvalue weighted by molar-refractivity contribution is -0.266. The van der Waals surface area contributed by atoms with Crippen molar-refractivity contribution in [3.8, 4) is 5.75 Å². The molecule has 0 aromatic carbocycles. The Morgan fingerprint density at radius 3 is 2.03 bits per heavy atom. The molecule has 1 unspecified atom stereocenters. The first-order chi connectivity index (χ1) is 17.7. The summed E-state index contributed by atoms with van der Waals surface area (Å²) in [5.74, 6) is 0.492. The van der Waals surface area contributed by atoms with E-state index in [0.29, 0.717) is 17.0 Å². The topological polar surface area (TPSA) is 74.6 Å². The van der Waals surface area contributed by atoms with Gasteiger partial charge in [-0.2, -0.15) is 13.2 Å². The van der Waals surface area contributed by atoms with E-state index >= 15 is 0 Å². The van der Waals surface area contributed by atoms with E-state index in [9.17, 15) is 23.4 Å². The summed E-state index contributed by atoms with van der Waals surface area (Å²) in [5, 5.41) is 24.6. The molecule has 5 nitrogen and oxygen atoms in total. The number of rotatable bonds is 6. The lowest BCUT2D eigenvalue weighted by atomic mass is 9.81. The van der Waals surface area contributed by atoms with Crippen LogP contribution in [0.2, 0.25) is 0 Å². The minimum atomic E-state index is -4.91. The summed E-state index contributed by atoms with van der Waals surface area (Å²) in [6, 6.07) is 1.30. The highest BCUT2D eigenvalue weighted by molar-refractivity contribution is 5.50. The number of ether oxygens (including phenoxy) is 1. The summed E-state index contributed by atoms with van der Waals surface area (Å²) in [6.07, 6.45) is 10.3. The van der Waals surface area contributed by atoms with Crippen molar-refractivity contribution in [1.29, 1.82) is 0 Å². The second-order valence-corrected chi connectivity index (χ2v) is 12.0. The summed E-state index contributed by atoms with van der Waals surface area (Å²) < 4.78 is 50.0. The molecule has 210 valence electrons. The molecule has 2 fully saturated rings. The first-order valence-electron chi connectivity index (χ1n) is 14.5. The number of hydrogen-bond donors (Lipinski definition) is 3. The van der Waals surface area contributed by atoms with Gasteiger partial charge in [0.2, 0.25) is 5.60 Å². The molecule has 0 radical (unpaired) electrons. The fraction of sp³-hybridized carbons (Fsp3) is 0.828. The molecule has 2 heterocycles. The third kappa shape index (κ3) is 6.44. The standard InChI is InChI=1S/C29H45F3N2O3/c1-27(19-35)20-37-26-23(27)17-24(34-25(26)21-13-9-5-2-3-6-10-14-21)28(36,29(30,31)32)18-33-22-15-11-7-4-8-12-16-22/h17,21-22,33,35-36H,2-16,18-20H2,1H3/t27-,28?/m0/s1. The second kappa shape index (κ2) is 12.2. The van der Waals surface area contributed by atoms with E-state index in [2.05, 4.69) is 10.3 Å². The van der Waals surface area contributed by atoms with Crippen LogP contribution in [-0.2, 0) is 11.0 Å². The van der Waals surface area contributed by atoms with Crippen molar-refractivity contribution in [3.05, 3.63) is 23.0 Å². The van der Waals surface area contributed by atoms with Crippen LogP contribution in [0.15, 0.2) is 6.07 Å². The van der Waals surface area contributed by atoms with Crippen molar-refractivity contribution in [2.75, 3.05) is 19.8 Å². The SMILES string of the molecule is C[C@]1(CO)COc2c1cc(C(O)(CNC1CCCCCCC1)C(F)(F)F)nc2C1CCCCCCCC1. The fourth-order valence-electron chi connectivity index (χ4n) is 6.28. The maximum Gasteiger partial charge on any atom is 0.424 e. The van der Waals surface area contributed by atoms with Crippen LogP contribution in [0.3, 0.4) is 0 Å². The van der Waals surface area contributed by atoms with E-state index in [1.54, 1.807) is 6.92 Å². The lowest BCUT2D eigenvalue weighted by Gasteiger charge is -2.34. The van der Waals surface area contributed by atoms with Gasteiger partial charge in [0.05, 0.1) is 23.4 Å². The third-order valence-corrected chi connectivity index (χ3v) is 8.92. The van der Waals surface area contributed by atoms with Gasteiger partial charge in [0.15, 0.2) is 0 Å². The average Bonchev–Trinajstić information content (AvgIpc) is 3.25. The quantitative estimate of drug-likeness (QED) is 0.400. The van der Waals surface area contributed by atoms with Crippen molar-refractivity contribution >= 4 is 0 Å². The Labute approximate surface area is 219 Å². The van der Waals surface area contributed by atoms with Gasteiger partial charge in [-0.15, -0.1) is 0 Å². The molecule has 3 aliphatic rings. The Bertz CT molecular complexity index is 878. The smallest absolute Gasteiger partial charge is 0.424 e. The second-order valence-electron chi connectivity index (χ2n) is 12.0. The van der Waals surface area contributed by atoms with E-state index in [1.165, 1.54) is 25.3 Å². The molecule has 0 bridgehead atoms. The molecule has 2 saturated carbocycles. The van der Waals surface area contributed by atoms with Crippen LogP contribution < -0.4 is 10.1 Å². The van der Waals surface area contributed by atoms with Crippen molar-refractivity contribution in [2.24, 2.45) is 0 Å². The van der Waals surface area contributed by atoms with E-state index in [4.69, 9.17) is 4.74 Å². The number of aliphatic hydroxyl groups is 2. The number of aromatic nitrogens is 1. The Morgan fingerprint density at radius 1 is 0.946 bits per heavy atom. The fourth-order valence-corrected chi connectivity index (χ4v) is 6.28. The van der Waals surface area contributed by atoms with Crippen LogP contribution in [-0.4, -0.2) is 47.2 Å². The van der Waals surface area contributed by atoms with Crippen LogP contribution in [0.5, 0.6) is 5.75 Å². The number of nitrogens with one attached hydrogen (secondary N) is 1. The van der Waals surface area contributed by atoms with Crippen molar-refractivity contribution in [3.63, 3.8) is 0 Å². The number of nitrogens with zero attached hydrogens (tertiary/aromatic N) is 1. The maximum atomic E-state index is 14.7. The first kappa shape index (κ1) is 28.6. The highest BCUT2D eigenvalue weighted by Gasteiger charge is 2.57. The number of fused-ring (bicyclic) bond motifs is 1. The van der Waals surface area contributed by atoms with Crippen LogP contribution in [0.25, 0.3) is 0 Å². The number of alkyl halides is 3. The zero-order chi connectivity index (χ0) is 26.5. The summed E-state index contributed by atoms with van der Waals surface area (Å²) >= 11 is 0. The lowest BCUT2D eigenvalue weighted by Crippen LogP contribution is -2.52. The molecular weight excluding hydrogens is 481 g/mol. The Balaban J connectivity index is 1.72. The Kier molecular flexibility index (Phi) is 9.44. The highest BCUT2D eigenvalue weighted by atomic mass is 19.4. The van der Waals surface area contributed by atoms with E-state index < -0.39 is 23.7 Å².